The molecule has 3 N–H and O–H groups in total. The zero-order valence-corrected chi connectivity index (χ0v) is 12.3. The van der Waals surface area contributed by atoms with Gasteiger partial charge in [0, 0.05) is 19.1 Å². The minimum Gasteiger partial charge on any atom is -0.357 e. The second-order valence-electron chi connectivity index (χ2n) is 5.02. The van der Waals surface area contributed by atoms with Gasteiger partial charge in [-0.15, -0.1) is 0 Å². The van der Waals surface area contributed by atoms with E-state index in [0.717, 1.165) is 38.3 Å². The molecule has 0 aromatic carbocycles. The molecular weight excluding hydrogens is 240 g/mol. The van der Waals surface area contributed by atoms with Crippen LogP contribution in [0, 0.1) is 0 Å². The van der Waals surface area contributed by atoms with Crippen molar-refractivity contribution in [1.29, 1.82) is 0 Å². The van der Waals surface area contributed by atoms with Gasteiger partial charge >= 0.3 is 0 Å². The number of carbonyl (C=O) groups excluding carboxylic acids is 1. The SMILES string of the molecule is CCCNC(=NCC(=O)NC1CCCCC1)NCC. The van der Waals surface area contributed by atoms with E-state index in [0.29, 0.717) is 6.04 Å². The molecule has 5 heteroatoms. The van der Waals surface area contributed by atoms with Crippen molar-refractivity contribution in [2.24, 2.45) is 4.99 Å². The fraction of sp³-hybridized carbons (Fsp3) is 0.857. The lowest BCUT2D eigenvalue weighted by Crippen LogP contribution is -2.40. The summed E-state index contributed by atoms with van der Waals surface area (Å²) in [6.45, 7) is 6.00. The Morgan fingerprint density at radius 3 is 2.53 bits per heavy atom. The molecule has 1 saturated carbocycles. The third kappa shape index (κ3) is 7.03. The van der Waals surface area contributed by atoms with Crippen LogP contribution in [0.3, 0.4) is 0 Å². The molecule has 0 unspecified atom stereocenters. The number of aliphatic imine (C=N–C) groups is 1. The molecule has 0 bridgehead atoms. The lowest BCUT2D eigenvalue weighted by molar-refractivity contribution is -0.120. The Hall–Kier alpha value is -1.26. The maximum atomic E-state index is 11.8. The molecule has 0 spiro atoms. The standard InChI is InChI=1S/C14H28N4O/c1-3-10-16-14(15-4-2)17-11-13(19)18-12-8-6-5-7-9-12/h12H,3-11H2,1-2H3,(H,18,19)(H2,15,16,17). The molecular formula is C14H28N4O. The average Bonchev–Trinajstić information content (AvgIpc) is 2.43. The summed E-state index contributed by atoms with van der Waals surface area (Å²) in [5, 5.41) is 9.39. The van der Waals surface area contributed by atoms with Crippen LogP contribution in [0.15, 0.2) is 4.99 Å². The third-order valence-corrected chi connectivity index (χ3v) is 3.24. The lowest BCUT2D eigenvalue weighted by Gasteiger charge is -2.22. The largest absolute Gasteiger partial charge is 0.357 e. The van der Waals surface area contributed by atoms with E-state index in [1.165, 1.54) is 19.3 Å². The summed E-state index contributed by atoms with van der Waals surface area (Å²) in [6.07, 6.45) is 7.03. The van der Waals surface area contributed by atoms with E-state index in [1.54, 1.807) is 0 Å². The minimum absolute atomic E-state index is 0.0283. The highest BCUT2D eigenvalue weighted by Gasteiger charge is 2.15. The molecule has 19 heavy (non-hydrogen) atoms. The Kier molecular flexibility index (Phi) is 8.02. The first-order valence-corrected chi connectivity index (χ1v) is 7.57. The Balaban J connectivity index is 2.31. The molecule has 1 rings (SSSR count). The highest BCUT2D eigenvalue weighted by atomic mass is 16.1. The van der Waals surface area contributed by atoms with E-state index in [4.69, 9.17) is 0 Å². The summed E-state index contributed by atoms with van der Waals surface area (Å²) in [6, 6.07) is 0.364. The van der Waals surface area contributed by atoms with E-state index in [9.17, 15) is 4.79 Å². The van der Waals surface area contributed by atoms with Crippen LogP contribution in [-0.4, -0.2) is 37.5 Å². The van der Waals surface area contributed by atoms with Gasteiger partial charge < -0.3 is 16.0 Å². The van der Waals surface area contributed by atoms with E-state index in [-0.39, 0.29) is 12.5 Å². The minimum atomic E-state index is 0.0283. The first-order valence-electron chi connectivity index (χ1n) is 7.57. The van der Waals surface area contributed by atoms with Gasteiger partial charge in [0.2, 0.25) is 5.91 Å². The molecule has 1 aliphatic carbocycles. The van der Waals surface area contributed by atoms with Crippen LogP contribution in [0.4, 0.5) is 0 Å². The number of guanidine groups is 1. The second kappa shape index (κ2) is 9.64. The summed E-state index contributed by atoms with van der Waals surface area (Å²) >= 11 is 0. The smallest absolute Gasteiger partial charge is 0.242 e. The zero-order chi connectivity index (χ0) is 13.9. The van der Waals surface area contributed by atoms with Gasteiger partial charge in [0.05, 0.1) is 0 Å². The van der Waals surface area contributed by atoms with E-state index in [1.807, 2.05) is 6.92 Å². The topological polar surface area (TPSA) is 65.5 Å². The Morgan fingerprint density at radius 2 is 1.89 bits per heavy atom. The van der Waals surface area contributed by atoms with E-state index < -0.39 is 0 Å². The summed E-state index contributed by atoms with van der Waals surface area (Å²) in [5.74, 6) is 0.753. The number of hydrogen-bond donors (Lipinski definition) is 3. The van der Waals surface area contributed by atoms with Crippen LogP contribution in [0.25, 0.3) is 0 Å². The van der Waals surface area contributed by atoms with Gasteiger partial charge in [0.15, 0.2) is 5.96 Å². The van der Waals surface area contributed by atoms with Gasteiger partial charge in [-0.3, -0.25) is 4.79 Å². The monoisotopic (exact) mass is 268 g/mol. The number of amides is 1. The van der Waals surface area contributed by atoms with Gasteiger partial charge in [-0.05, 0) is 26.2 Å². The van der Waals surface area contributed by atoms with Crippen LogP contribution in [0.2, 0.25) is 0 Å². The van der Waals surface area contributed by atoms with Crippen molar-refractivity contribution in [2.45, 2.75) is 58.4 Å². The number of rotatable bonds is 6. The molecule has 1 amide bonds. The predicted molar refractivity (Wildman–Crippen MR) is 79.3 cm³/mol. The number of nitrogens with one attached hydrogen (secondary N) is 3. The Bertz CT molecular complexity index is 285. The maximum Gasteiger partial charge on any atom is 0.242 e. The summed E-state index contributed by atoms with van der Waals surface area (Å²) in [7, 11) is 0. The fourth-order valence-corrected chi connectivity index (χ4v) is 2.26. The lowest BCUT2D eigenvalue weighted by atomic mass is 9.95. The molecule has 0 aliphatic heterocycles. The van der Waals surface area contributed by atoms with Crippen molar-refractivity contribution in [2.75, 3.05) is 19.6 Å². The number of nitrogens with zero attached hydrogens (tertiary/aromatic N) is 1. The van der Waals surface area contributed by atoms with Crippen molar-refractivity contribution in [3.63, 3.8) is 0 Å². The van der Waals surface area contributed by atoms with Gasteiger partial charge in [-0.2, -0.15) is 0 Å². The summed E-state index contributed by atoms with van der Waals surface area (Å²) in [5.41, 5.74) is 0. The number of carbonyl (C=O) groups is 1. The number of hydrogen-bond acceptors (Lipinski definition) is 2. The zero-order valence-electron chi connectivity index (χ0n) is 12.3. The molecule has 1 aliphatic rings. The molecule has 0 aromatic heterocycles. The summed E-state index contributed by atoms with van der Waals surface area (Å²) in [4.78, 5) is 16.1. The van der Waals surface area contributed by atoms with Crippen molar-refractivity contribution in [3.8, 4) is 0 Å². The van der Waals surface area contributed by atoms with Gasteiger partial charge in [-0.1, -0.05) is 26.2 Å². The van der Waals surface area contributed by atoms with Crippen LogP contribution in [0.5, 0.6) is 0 Å². The molecule has 5 nitrogen and oxygen atoms in total. The molecule has 0 aromatic rings. The maximum absolute atomic E-state index is 11.8. The van der Waals surface area contributed by atoms with Crippen LogP contribution in [-0.2, 0) is 4.79 Å². The predicted octanol–water partition coefficient (Wildman–Crippen LogP) is 1.40. The van der Waals surface area contributed by atoms with Crippen molar-refractivity contribution in [3.05, 3.63) is 0 Å². The van der Waals surface area contributed by atoms with Crippen molar-refractivity contribution < 1.29 is 4.79 Å². The molecule has 1 fully saturated rings. The van der Waals surface area contributed by atoms with Crippen LogP contribution in [0.1, 0.15) is 52.4 Å². The van der Waals surface area contributed by atoms with Gasteiger partial charge in [0.25, 0.3) is 0 Å². The summed E-state index contributed by atoms with van der Waals surface area (Å²) < 4.78 is 0. The Labute approximate surface area is 116 Å². The third-order valence-electron chi connectivity index (χ3n) is 3.24. The van der Waals surface area contributed by atoms with Crippen LogP contribution < -0.4 is 16.0 Å². The fourth-order valence-electron chi connectivity index (χ4n) is 2.26. The Morgan fingerprint density at radius 1 is 1.16 bits per heavy atom. The second-order valence-corrected chi connectivity index (χ2v) is 5.02. The molecule has 0 radical (unpaired) electrons. The highest BCUT2D eigenvalue weighted by molar-refractivity contribution is 5.84. The van der Waals surface area contributed by atoms with Crippen molar-refractivity contribution in [1.82, 2.24) is 16.0 Å². The van der Waals surface area contributed by atoms with Crippen LogP contribution >= 0.6 is 0 Å². The van der Waals surface area contributed by atoms with E-state index in [2.05, 4.69) is 27.9 Å². The first-order chi connectivity index (χ1) is 9.26. The molecule has 0 saturated heterocycles. The molecule has 110 valence electrons. The van der Waals surface area contributed by atoms with Crippen molar-refractivity contribution >= 4 is 11.9 Å². The quantitative estimate of drug-likeness (QED) is 0.504. The first kappa shape index (κ1) is 15.8. The van der Waals surface area contributed by atoms with Gasteiger partial charge in [-0.25, -0.2) is 4.99 Å². The van der Waals surface area contributed by atoms with Gasteiger partial charge in [0.1, 0.15) is 6.54 Å². The normalized spacial score (nSPS) is 17.1. The van der Waals surface area contributed by atoms with E-state index >= 15 is 0 Å². The molecule has 0 heterocycles. The molecule has 0 atom stereocenters. The average molecular weight is 268 g/mol. The highest BCUT2D eigenvalue weighted by Crippen LogP contribution is 2.17.